The predicted octanol–water partition coefficient (Wildman–Crippen LogP) is 3.62. The lowest BCUT2D eigenvalue weighted by atomic mass is 10.1. The van der Waals surface area contributed by atoms with E-state index in [1.54, 1.807) is 0 Å². The highest BCUT2D eigenvalue weighted by atomic mass is 35.5. The van der Waals surface area contributed by atoms with Crippen molar-refractivity contribution < 1.29 is 45.0 Å². The summed E-state index contributed by atoms with van der Waals surface area (Å²) in [7, 11) is -4.30. The molecule has 5 nitrogen and oxygen atoms in total. The average Bonchev–Trinajstić information content (AvgIpc) is 3.09. The molecule has 1 aliphatic rings. The van der Waals surface area contributed by atoms with Gasteiger partial charge in [0.2, 0.25) is 0 Å². The Balaban J connectivity index is 1.85. The summed E-state index contributed by atoms with van der Waals surface area (Å²) in [5, 5.41) is 18.8. The van der Waals surface area contributed by atoms with Crippen LogP contribution in [0.2, 0.25) is 5.02 Å². The van der Waals surface area contributed by atoms with Gasteiger partial charge in [0.15, 0.2) is 0 Å². The molecule has 3 rings (SSSR count). The van der Waals surface area contributed by atoms with E-state index in [4.69, 9.17) is 11.6 Å². The van der Waals surface area contributed by atoms with Gasteiger partial charge in [-0.15, -0.1) is 0 Å². The van der Waals surface area contributed by atoms with Crippen LogP contribution in [0.5, 0.6) is 0 Å². The fraction of sp³-hybridized carbons (Fsp3) is 0.368. The second-order valence-corrected chi connectivity index (χ2v) is 10.8. The Hall–Kier alpha value is -1.51. The van der Waals surface area contributed by atoms with E-state index in [-0.39, 0.29) is 16.3 Å². The summed E-state index contributed by atoms with van der Waals surface area (Å²) in [5.41, 5.74) is -4.06. The molecule has 0 amide bonds. The predicted molar refractivity (Wildman–Crippen MR) is 108 cm³/mol. The number of aliphatic hydroxyl groups is 2. The van der Waals surface area contributed by atoms with Crippen LogP contribution in [-0.2, 0) is 34.1 Å². The Morgan fingerprint density at radius 1 is 1.00 bits per heavy atom. The minimum atomic E-state index is -4.67. The number of nitrogens with zero attached hydrogens (tertiary/aromatic N) is 1. The molecule has 0 radical (unpaired) electrons. The van der Waals surface area contributed by atoms with Crippen molar-refractivity contribution >= 4 is 33.4 Å². The lowest BCUT2D eigenvalue weighted by molar-refractivity contribution is -0.138. The standard InChI is InChI=1S/C19H16ClF6NO4S2/c20-14-7-12(19(24,25)26)3-6-15(14)33(31)27-8-16(17(29,9-27)10-28)32(30)13-4-1-11(2-5-13)18(21,22)23/h1-7,16,28-29H,8-10H2/t16-,17?,32?,33?/m0/s1. The number of rotatable bonds is 5. The third-order valence-electron chi connectivity index (χ3n) is 5.05. The first-order valence-corrected chi connectivity index (χ1v) is 11.8. The summed E-state index contributed by atoms with van der Waals surface area (Å²) in [5.74, 6) is 0. The van der Waals surface area contributed by atoms with E-state index in [1.165, 1.54) is 0 Å². The van der Waals surface area contributed by atoms with Gasteiger partial charge in [-0.05, 0) is 42.5 Å². The maximum absolute atomic E-state index is 13.0. The number of aliphatic hydroxyl groups excluding tert-OH is 1. The highest BCUT2D eigenvalue weighted by Gasteiger charge is 2.50. The number of hydrogen-bond donors (Lipinski definition) is 2. The molecule has 1 saturated heterocycles. The summed E-state index contributed by atoms with van der Waals surface area (Å²) >= 11 is 5.88. The number of benzene rings is 2. The number of halogens is 7. The molecule has 2 aromatic rings. The Morgan fingerprint density at radius 2 is 1.55 bits per heavy atom. The van der Waals surface area contributed by atoms with E-state index < -0.39 is 74.3 Å². The molecule has 2 aromatic carbocycles. The normalized spacial score (nSPS) is 24.1. The average molecular weight is 536 g/mol. The summed E-state index contributed by atoms with van der Waals surface area (Å²) in [6.45, 7) is -1.71. The van der Waals surface area contributed by atoms with Crippen molar-refractivity contribution in [1.82, 2.24) is 4.31 Å². The van der Waals surface area contributed by atoms with Gasteiger partial charge in [0, 0.05) is 18.0 Å². The first-order valence-electron chi connectivity index (χ1n) is 9.12. The zero-order valence-electron chi connectivity index (χ0n) is 16.4. The zero-order valence-corrected chi connectivity index (χ0v) is 18.7. The fourth-order valence-electron chi connectivity index (χ4n) is 3.27. The van der Waals surface area contributed by atoms with Crippen LogP contribution in [0.1, 0.15) is 11.1 Å². The minimum absolute atomic E-state index is 0.0555. The van der Waals surface area contributed by atoms with Crippen LogP contribution in [0.4, 0.5) is 26.3 Å². The van der Waals surface area contributed by atoms with Crippen LogP contribution in [0.25, 0.3) is 0 Å². The second kappa shape index (κ2) is 9.27. The molecule has 33 heavy (non-hydrogen) atoms. The quantitative estimate of drug-likeness (QED) is 0.574. The lowest BCUT2D eigenvalue weighted by Gasteiger charge is -2.26. The third kappa shape index (κ3) is 5.43. The number of hydrogen-bond acceptors (Lipinski definition) is 4. The Kier molecular flexibility index (Phi) is 7.33. The summed E-state index contributed by atoms with van der Waals surface area (Å²) in [6.07, 6.45) is -9.27. The van der Waals surface area contributed by atoms with Crippen molar-refractivity contribution in [1.29, 1.82) is 0 Å². The number of alkyl halides is 6. The molecule has 0 bridgehead atoms. The van der Waals surface area contributed by atoms with E-state index in [0.29, 0.717) is 12.1 Å². The van der Waals surface area contributed by atoms with Gasteiger partial charge < -0.3 is 10.2 Å². The van der Waals surface area contributed by atoms with Crippen molar-refractivity contribution in [2.45, 2.75) is 33.0 Å². The Labute approximate surface area is 194 Å². The first kappa shape index (κ1) is 26.1. The SMILES string of the molecule is O=S(c1ccc(C(F)(F)F)cc1)[C@H]1CN(S(=O)c2ccc(C(F)(F)F)cc2Cl)CC1(O)CO. The summed E-state index contributed by atoms with van der Waals surface area (Å²) < 4.78 is 104. The monoisotopic (exact) mass is 535 g/mol. The molecule has 0 aliphatic carbocycles. The van der Waals surface area contributed by atoms with Gasteiger partial charge >= 0.3 is 12.4 Å². The lowest BCUT2D eigenvalue weighted by Crippen LogP contribution is -2.47. The maximum atomic E-state index is 13.0. The van der Waals surface area contributed by atoms with Gasteiger partial charge in [0.05, 0.1) is 43.7 Å². The molecular weight excluding hydrogens is 520 g/mol. The molecule has 1 fully saturated rings. The van der Waals surface area contributed by atoms with Crippen molar-refractivity contribution in [3.63, 3.8) is 0 Å². The van der Waals surface area contributed by atoms with E-state index in [0.717, 1.165) is 34.6 Å². The van der Waals surface area contributed by atoms with Crippen molar-refractivity contribution in [3.8, 4) is 0 Å². The zero-order chi connectivity index (χ0) is 24.8. The van der Waals surface area contributed by atoms with Crippen LogP contribution < -0.4 is 0 Å². The summed E-state index contributed by atoms with van der Waals surface area (Å²) in [6, 6.07) is 5.59. The molecular formula is C19H16ClF6NO4S2. The van der Waals surface area contributed by atoms with Gasteiger partial charge in [-0.1, -0.05) is 11.6 Å². The minimum Gasteiger partial charge on any atom is -0.393 e. The van der Waals surface area contributed by atoms with Crippen molar-refractivity contribution in [2.75, 3.05) is 19.7 Å². The van der Waals surface area contributed by atoms with Gasteiger partial charge in [-0.2, -0.15) is 26.3 Å². The van der Waals surface area contributed by atoms with Gasteiger partial charge in [0.1, 0.15) is 16.6 Å². The van der Waals surface area contributed by atoms with Gasteiger partial charge in [0.25, 0.3) is 0 Å². The first-order chi connectivity index (χ1) is 15.2. The van der Waals surface area contributed by atoms with Crippen molar-refractivity contribution in [2.24, 2.45) is 0 Å². The highest BCUT2D eigenvalue weighted by Crippen LogP contribution is 2.36. The van der Waals surface area contributed by atoms with Crippen LogP contribution in [-0.4, -0.2) is 53.5 Å². The van der Waals surface area contributed by atoms with Gasteiger partial charge in [-0.3, -0.25) is 4.21 Å². The Bertz CT molecular complexity index is 1080. The summed E-state index contributed by atoms with van der Waals surface area (Å²) in [4.78, 5) is -0.244. The Morgan fingerprint density at radius 3 is 2.03 bits per heavy atom. The third-order valence-corrected chi connectivity index (χ3v) is 8.79. The largest absolute Gasteiger partial charge is 0.416 e. The molecule has 3 unspecified atom stereocenters. The van der Waals surface area contributed by atoms with E-state index in [1.807, 2.05) is 0 Å². The van der Waals surface area contributed by atoms with Crippen LogP contribution >= 0.6 is 11.6 Å². The molecule has 0 saturated carbocycles. The van der Waals surface area contributed by atoms with Crippen LogP contribution in [0.15, 0.2) is 52.3 Å². The van der Waals surface area contributed by atoms with Crippen LogP contribution in [0.3, 0.4) is 0 Å². The topological polar surface area (TPSA) is 77.8 Å². The van der Waals surface area contributed by atoms with E-state index in [9.17, 15) is 45.0 Å². The number of β-amino-alcohol motifs (C(OH)–C–C–N with tert-alkyl or cyclic N) is 1. The molecule has 1 heterocycles. The second-order valence-electron chi connectivity index (χ2n) is 7.28. The smallest absolute Gasteiger partial charge is 0.393 e. The van der Waals surface area contributed by atoms with E-state index >= 15 is 0 Å². The highest BCUT2D eigenvalue weighted by molar-refractivity contribution is 7.86. The molecule has 14 heteroatoms. The molecule has 0 spiro atoms. The maximum Gasteiger partial charge on any atom is 0.416 e. The fourth-order valence-corrected chi connectivity index (χ4v) is 6.65. The molecule has 4 atom stereocenters. The van der Waals surface area contributed by atoms with Crippen molar-refractivity contribution in [3.05, 3.63) is 58.6 Å². The molecule has 0 aromatic heterocycles. The molecule has 2 N–H and O–H groups in total. The molecule has 182 valence electrons. The van der Waals surface area contributed by atoms with Crippen LogP contribution in [0, 0.1) is 0 Å². The van der Waals surface area contributed by atoms with Gasteiger partial charge in [-0.25, -0.2) is 8.51 Å². The molecule has 1 aliphatic heterocycles. The van der Waals surface area contributed by atoms with E-state index in [2.05, 4.69) is 0 Å².